The minimum atomic E-state index is -0.256. The first-order valence-electron chi connectivity index (χ1n) is 21.4. The van der Waals surface area contributed by atoms with Crippen molar-refractivity contribution in [3.63, 3.8) is 0 Å². The van der Waals surface area contributed by atoms with Crippen LogP contribution in [0.25, 0.3) is 39.1 Å². The van der Waals surface area contributed by atoms with Crippen molar-refractivity contribution in [1.82, 2.24) is 9.78 Å². The van der Waals surface area contributed by atoms with E-state index in [4.69, 9.17) is 9.84 Å². The maximum atomic E-state index is 6.97. The van der Waals surface area contributed by atoms with Crippen LogP contribution < -0.4 is 14.5 Å². The molecule has 0 bridgehead atoms. The Morgan fingerprint density at radius 2 is 1.10 bits per heavy atom. The monoisotopic (exact) mass is 1000 g/mol. The van der Waals surface area contributed by atoms with Crippen LogP contribution in [0.4, 0.5) is 22.7 Å². The Labute approximate surface area is 388 Å². The van der Waals surface area contributed by atoms with E-state index in [1.807, 2.05) is 53.5 Å². The molecule has 0 N–H and O–H groups in total. The van der Waals surface area contributed by atoms with Crippen LogP contribution in [0.2, 0.25) is 0 Å². The number of aryl methyl sites for hydroxylation is 3. The van der Waals surface area contributed by atoms with E-state index < -0.39 is 0 Å². The van der Waals surface area contributed by atoms with Crippen molar-refractivity contribution in [3.8, 4) is 50.6 Å². The third-order valence-corrected chi connectivity index (χ3v) is 11.7. The van der Waals surface area contributed by atoms with Crippen molar-refractivity contribution in [2.45, 2.75) is 73.1 Å². The zero-order valence-corrected chi connectivity index (χ0v) is 39.8. The molecule has 1 aliphatic rings. The second-order valence-electron chi connectivity index (χ2n) is 18.5. The van der Waals surface area contributed by atoms with Crippen LogP contribution >= 0.6 is 0 Å². The van der Waals surface area contributed by atoms with Gasteiger partial charge >= 0.3 is 0 Å². The van der Waals surface area contributed by atoms with Gasteiger partial charge in [-0.3, -0.25) is 4.68 Å². The second kappa shape index (κ2) is 17.2. The van der Waals surface area contributed by atoms with Gasteiger partial charge in [0.2, 0.25) is 0 Å². The van der Waals surface area contributed by atoms with E-state index in [1.54, 1.807) is 0 Å². The summed E-state index contributed by atoms with van der Waals surface area (Å²) in [4.78, 5) is 4.72. The number of rotatable bonds is 8. The van der Waals surface area contributed by atoms with Crippen molar-refractivity contribution in [3.05, 3.63) is 199 Å². The average molecular weight is 1010 g/mol. The number of ether oxygens (including phenoxy) is 1. The molecule has 320 valence electrons. The first kappa shape index (κ1) is 43.5. The van der Waals surface area contributed by atoms with Crippen LogP contribution in [-0.2, 0) is 31.9 Å². The summed E-state index contributed by atoms with van der Waals surface area (Å²) in [5.41, 5.74) is 17.3. The van der Waals surface area contributed by atoms with Gasteiger partial charge in [0.05, 0.1) is 6.20 Å². The first-order valence-corrected chi connectivity index (χ1v) is 21.4. The van der Waals surface area contributed by atoms with Crippen molar-refractivity contribution in [2.24, 2.45) is 0 Å². The van der Waals surface area contributed by atoms with Gasteiger partial charge in [-0.1, -0.05) is 167 Å². The molecule has 0 radical (unpaired) electrons. The Morgan fingerprint density at radius 1 is 0.556 bits per heavy atom. The normalized spacial score (nSPS) is 12.6. The molecule has 0 unspecified atom stereocenters. The molecule has 1 aliphatic heterocycles. The van der Waals surface area contributed by atoms with Gasteiger partial charge in [-0.15, -0.1) is 42.1 Å². The summed E-state index contributed by atoms with van der Waals surface area (Å²) < 4.78 is 8.82. The van der Waals surface area contributed by atoms with Gasteiger partial charge in [0.15, 0.2) is 0 Å². The predicted octanol–water partition coefficient (Wildman–Crippen LogP) is 15.2. The zero-order chi connectivity index (χ0) is 43.3. The summed E-state index contributed by atoms with van der Waals surface area (Å²) in [6, 6.07) is 56.8. The Morgan fingerprint density at radius 3 is 1.65 bits per heavy atom. The van der Waals surface area contributed by atoms with Gasteiger partial charge in [0.1, 0.15) is 0 Å². The van der Waals surface area contributed by atoms with Crippen molar-refractivity contribution >= 4 is 22.7 Å². The zero-order valence-electron chi connectivity index (χ0n) is 37.5. The van der Waals surface area contributed by atoms with Crippen LogP contribution in [-0.4, -0.2) is 9.78 Å². The Bertz CT molecular complexity index is 2880. The molecule has 8 aromatic rings. The van der Waals surface area contributed by atoms with Gasteiger partial charge < -0.3 is 14.5 Å². The van der Waals surface area contributed by atoms with Gasteiger partial charge in [-0.25, -0.2) is 0 Å². The number of hydrogen-bond acceptors (Lipinski definition) is 4. The molecule has 0 fully saturated rings. The second-order valence-corrected chi connectivity index (χ2v) is 18.5. The summed E-state index contributed by atoms with van der Waals surface area (Å²) in [6.07, 6.45) is 3.92. The van der Waals surface area contributed by atoms with Crippen LogP contribution in [0.5, 0.6) is 11.5 Å². The Balaban J connectivity index is 0.00000544. The number of benzene rings is 7. The predicted molar refractivity (Wildman–Crippen MR) is 257 cm³/mol. The fourth-order valence-electron chi connectivity index (χ4n) is 8.72. The van der Waals surface area contributed by atoms with Crippen LogP contribution in [0.15, 0.2) is 152 Å². The molecular weight excluding hydrogens is 952 g/mol. The Kier molecular flexibility index (Phi) is 11.9. The van der Waals surface area contributed by atoms with Gasteiger partial charge in [-0.2, -0.15) is 17.2 Å². The van der Waals surface area contributed by atoms with Gasteiger partial charge in [0.25, 0.3) is 0 Å². The maximum Gasteiger partial charge on any atom is 0.0571 e. The summed E-state index contributed by atoms with van der Waals surface area (Å²) in [5, 5.41) is 4.70. The molecule has 9 rings (SSSR count). The summed E-state index contributed by atoms with van der Waals surface area (Å²) in [5.74, 6) is 1.26. The van der Waals surface area contributed by atoms with Crippen molar-refractivity contribution in [1.29, 1.82) is 0 Å². The minimum Gasteiger partial charge on any atom is -0.509 e. The van der Waals surface area contributed by atoms with Crippen molar-refractivity contribution in [2.75, 3.05) is 9.80 Å². The number of anilines is 4. The topological polar surface area (TPSA) is 33.5 Å². The van der Waals surface area contributed by atoms with E-state index in [0.29, 0.717) is 11.5 Å². The SMILES string of the molecule is Cc1cc(C)c(N2[CH-]N(c3[c-]c(Oc4[c-]c(-n5cc(-c6ccccc6)cn5)ccc4)c(C(C)(C)C)cc3C(C)(C)C)c3cc(-c4ccccc4)c(-c4ccccc4)cc32)c(C)c1.[Pt]. The molecule has 0 amide bonds. The van der Waals surface area contributed by atoms with E-state index >= 15 is 0 Å². The third-order valence-electron chi connectivity index (χ3n) is 11.7. The summed E-state index contributed by atoms with van der Waals surface area (Å²) in [7, 11) is 0. The molecule has 7 aromatic carbocycles. The van der Waals surface area contributed by atoms with E-state index in [2.05, 4.69) is 194 Å². The van der Waals surface area contributed by atoms with E-state index in [9.17, 15) is 0 Å². The largest absolute Gasteiger partial charge is 0.509 e. The molecule has 5 nitrogen and oxygen atoms in total. The molecule has 0 spiro atoms. The first-order chi connectivity index (χ1) is 29.7. The van der Waals surface area contributed by atoms with Gasteiger partial charge in [0, 0.05) is 61.4 Å². The summed E-state index contributed by atoms with van der Waals surface area (Å²) in [6.45, 7) is 22.4. The minimum absolute atomic E-state index is 0. The molecule has 1 aromatic heterocycles. The molecular formula is C57H53N4OPt-3. The molecule has 0 saturated heterocycles. The molecule has 2 heterocycles. The van der Waals surface area contributed by atoms with Crippen LogP contribution in [0.3, 0.4) is 0 Å². The smallest absolute Gasteiger partial charge is 0.0571 e. The molecule has 63 heavy (non-hydrogen) atoms. The standard InChI is InChI=1S/C57H53N4O.Pt/c1-38-28-39(2)55(40(3)29-38)60-37-59(52-31-47(42-22-15-11-16-23-42)48(32-53(52)60)43-24-17-12-18-25-43)51-34-54(50(57(7,8)9)33-49(51)56(4,5)6)62-46-27-19-26-45(30-46)61-36-44(35-58-61)41-20-13-10-14-21-41;/h10-29,31-33,35-37H,1-9H3;/q-3;. The van der Waals surface area contributed by atoms with E-state index in [1.165, 1.54) is 39.1 Å². The maximum absolute atomic E-state index is 6.97. The Hall–Kier alpha value is -6.16. The molecule has 0 saturated carbocycles. The van der Waals surface area contributed by atoms with E-state index in [0.717, 1.165) is 50.6 Å². The molecule has 6 heteroatoms. The quantitative estimate of drug-likeness (QED) is 0.142. The van der Waals surface area contributed by atoms with Crippen LogP contribution in [0, 0.1) is 39.6 Å². The van der Waals surface area contributed by atoms with E-state index in [-0.39, 0.29) is 31.9 Å². The number of fused-ring (bicyclic) bond motifs is 1. The van der Waals surface area contributed by atoms with Gasteiger partial charge in [-0.05, 0) is 77.5 Å². The van der Waals surface area contributed by atoms with Crippen molar-refractivity contribution < 1.29 is 25.8 Å². The van der Waals surface area contributed by atoms with Crippen LogP contribution in [0.1, 0.15) is 69.4 Å². The number of nitrogens with zero attached hydrogens (tertiary/aromatic N) is 4. The summed E-state index contributed by atoms with van der Waals surface area (Å²) >= 11 is 0. The third kappa shape index (κ3) is 8.64. The molecule has 0 atom stereocenters. The molecule has 0 aliphatic carbocycles. The number of hydrogen-bond donors (Lipinski definition) is 0. The fourth-order valence-corrected chi connectivity index (χ4v) is 8.72. The average Bonchev–Trinajstić information content (AvgIpc) is 3.89. The fraction of sp³-hybridized carbons (Fsp3) is 0.193. The number of aromatic nitrogens is 2.